The summed E-state index contributed by atoms with van der Waals surface area (Å²) < 4.78 is 34.8. The van der Waals surface area contributed by atoms with E-state index in [0.717, 1.165) is 24.2 Å². The second-order valence-corrected chi connectivity index (χ2v) is 9.49. The Bertz CT molecular complexity index is 1150. The lowest BCUT2D eigenvalue weighted by molar-refractivity contribution is 0.406. The summed E-state index contributed by atoms with van der Waals surface area (Å²) in [5, 5.41) is 5.08. The number of anilines is 2. The Morgan fingerprint density at radius 2 is 1.70 bits per heavy atom. The molecule has 0 aliphatic carbocycles. The highest BCUT2D eigenvalue weighted by atomic mass is 32.2. The smallest absolute Gasteiger partial charge is 0.262 e. The molecule has 0 radical (unpaired) electrons. The molecule has 7 heteroatoms. The molecule has 2 unspecified atom stereocenters. The number of benzene rings is 3. The minimum Gasteiger partial charge on any atom is -0.495 e. The maximum absolute atomic E-state index is 13.3. The molecule has 0 bridgehead atoms. The van der Waals surface area contributed by atoms with E-state index >= 15 is 0 Å². The highest BCUT2D eigenvalue weighted by molar-refractivity contribution is 7.93. The molecule has 4 rings (SSSR count). The molecule has 3 aromatic carbocycles. The van der Waals surface area contributed by atoms with Crippen LogP contribution in [0.15, 0.2) is 65.6 Å². The quantitative estimate of drug-likeness (QED) is 0.650. The first-order chi connectivity index (χ1) is 14.4. The van der Waals surface area contributed by atoms with E-state index in [4.69, 9.17) is 4.74 Å². The Hall–Kier alpha value is -2.77. The summed E-state index contributed by atoms with van der Waals surface area (Å²) in [7, 11) is -2.26. The number of fused-ring (bicyclic) bond motifs is 1. The molecular formula is C23H27N3O3S. The number of ether oxygens (including phenoxy) is 1. The van der Waals surface area contributed by atoms with Gasteiger partial charge in [0.15, 0.2) is 0 Å². The molecule has 1 heterocycles. The van der Waals surface area contributed by atoms with Gasteiger partial charge in [-0.05, 0) is 43.5 Å². The van der Waals surface area contributed by atoms with Crippen LogP contribution in [-0.2, 0) is 10.0 Å². The van der Waals surface area contributed by atoms with Crippen molar-refractivity contribution in [2.45, 2.75) is 30.8 Å². The normalized spacial score (nSPS) is 19.6. The summed E-state index contributed by atoms with van der Waals surface area (Å²) >= 11 is 0. The van der Waals surface area contributed by atoms with Crippen LogP contribution in [0.3, 0.4) is 0 Å². The van der Waals surface area contributed by atoms with Crippen LogP contribution in [0.2, 0.25) is 0 Å². The van der Waals surface area contributed by atoms with E-state index in [-0.39, 0.29) is 4.90 Å². The van der Waals surface area contributed by atoms with Gasteiger partial charge in [-0.15, -0.1) is 0 Å². The summed E-state index contributed by atoms with van der Waals surface area (Å²) in [6.45, 7) is 6.00. The number of methoxy groups -OCH3 is 1. The van der Waals surface area contributed by atoms with Crippen LogP contribution in [0.25, 0.3) is 10.8 Å². The van der Waals surface area contributed by atoms with Crippen molar-refractivity contribution in [3.8, 4) is 5.75 Å². The summed E-state index contributed by atoms with van der Waals surface area (Å²) in [5.41, 5.74) is 1.40. The summed E-state index contributed by atoms with van der Waals surface area (Å²) in [5.74, 6) is 0.485. The number of piperazine rings is 1. The first-order valence-corrected chi connectivity index (χ1v) is 11.6. The van der Waals surface area contributed by atoms with Crippen LogP contribution >= 0.6 is 0 Å². The fourth-order valence-electron chi connectivity index (χ4n) is 4.14. The van der Waals surface area contributed by atoms with Crippen molar-refractivity contribution >= 4 is 32.2 Å². The van der Waals surface area contributed by atoms with E-state index in [9.17, 15) is 8.42 Å². The van der Waals surface area contributed by atoms with E-state index in [2.05, 4.69) is 28.8 Å². The summed E-state index contributed by atoms with van der Waals surface area (Å²) in [6, 6.07) is 19.1. The van der Waals surface area contributed by atoms with Crippen molar-refractivity contribution in [1.82, 2.24) is 5.32 Å². The van der Waals surface area contributed by atoms with Gasteiger partial charge in [0.1, 0.15) is 5.75 Å². The molecule has 1 aliphatic rings. The molecule has 0 aromatic heterocycles. The van der Waals surface area contributed by atoms with Gasteiger partial charge >= 0.3 is 0 Å². The van der Waals surface area contributed by atoms with E-state index in [0.29, 0.717) is 28.9 Å². The first kappa shape index (κ1) is 20.5. The zero-order valence-electron chi connectivity index (χ0n) is 17.4. The minimum atomic E-state index is -3.80. The predicted octanol–water partition coefficient (Wildman–Crippen LogP) is 3.84. The molecule has 30 heavy (non-hydrogen) atoms. The van der Waals surface area contributed by atoms with Crippen LogP contribution in [-0.4, -0.2) is 40.7 Å². The van der Waals surface area contributed by atoms with Gasteiger partial charge in [0.2, 0.25) is 0 Å². The Morgan fingerprint density at radius 1 is 1.00 bits per heavy atom. The van der Waals surface area contributed by atoms with Gasteiger partial charge in [-0.1, -0.05) is 36.4 Å². The molecule has 0 amide bonds. The number of sulfonamides is 1. The molecule has 2 N–H and O–H groups in total. The van der Waals surface area contributed by atoms with Crippen LogP contribution in [0.1, 0.15) is 13.8 Å². The summed E-state index contributed by atoms with van der Waals surface area (Å²) in [4.78, 5) is 2.51. The van der Waals surface area contributed by atoms with Crippen molar-refractivity contribution in [2.75, 3.05) is 29.8 Å². The first-order valence-electron chi connectivity index (χ1n) is 10.1. The highest BCUT2D eigenvalue weighted by Gasteiger charge is 2.23. The van der Waals surface area contributed by atoms with Gasteiger partial charge in [0, 0.05) is 36.2 Å². The minimum absolute atomic E-state index is 0.248. The monoisotopic (exact) mass is 425 g/mol. The van der Waals surface area contributed by atoms with Crippen LogP contribution in [0.4, 0.5) is 11.4 Å². The lowest BCUT2D eigenvalue weighted by Gasteiger charge is -2.38. The van der Waals surface area contributed by atoms with Crippen molar-refractivity contribution in [1.29, 1.82) is 0 Å². The standard InChI is InChI=1S/C23H27N3O3S/c1-16-14-26(15-17(2)24-16)19-11-12-22(29-3)21(13-19)25-30(27,28)23-10-6-8-18-7-4-5-9-20(18)23/h4-13,16-17,24-25H,14-15H2,1-3H3. The third kappa shape index (κ3) is 4.08. The number of hydrogen-bond acceptors (Lipinski definition) is 5. The maximum Gasteiger partial charge on any atom is 0.262 e. The molecule has 3 aromatic rings. The lowest BCUT2D eigenvalue weighted by Crippen LogP contribution is -2.54. The fourth-order valence-corrected chi connectivity index (χ4v) is 5.43. The second-order valence-electron chi connectivity index (χ2n) is 7.84. The van der Waals surface area contributed by atoms with Gasteiger partial charge in [-0.3, -0.25) is 4.72 Å². The molecule has 6 nitrogen and oxygen atoms in total. The van der Waals surface area contributed by atoms with E-state index in [1.54, 1.807) is 19.2 Å². The van der Waals surface area contributed by atoms with Gasteiger partial charge in [-0.2, -0.15) is 0 Å². The zero-order valence-corrected chi connectivity index (χ0v) is 18.2. The third-order valence-corrected chi connectivity index (χ3v) is 6.81. The molecule has 1 aliphatic heterocycles. The molecule has 0 spiro atoms. The molecule has 2 atom stereocenters. The molecular weight excluding hydrogens is 398 g/mol. The second kappa shape index (κ2) is 8.16. The zero-order chi connectivity index (χ0) is 21.3. The third-order valence-electron chi connectivity index (χ3n) is 5.39. The topological polar surface area (TPSA) is 70.7 Å². The Labute approximate surface area is 177 Å². The van der Waals surface area contributed by atoms with Gasteiger partial charge in [0.25, 0.3) is 10.0 Å². The summed E-state index contributed by atoms with van der Waals surface area (Å²) in [6.07, 6.45) is 0. The van der Waals surface area contributed by atoms with Gasteiger partial charge in [0.05, 0.1) is 17.7 Å². The van der Waals surface area contributed by atoms with Gasteiger partial charge in [-0.25, -0.2) is 8.42 Å². The van der Waals surface area contributed by atoms with E-state index in [1.165, 1.54) is 0 Å². The van der Waals surface area contributed by atoms with Crippen LogP contribution in [0, 0.1) is 0 Å². The molecule has 1 saturated heterocycles. The van der Waals surface area contributed by atoms with E-state index in [1.807, 2.05) is 48.5 Å². The number of nitrogens with one attached hydrogen (secondary N) is 2. The number of nitrogens with zero attached hydrogens (tertiary/aromatic N) is 1. The molecule has 158 valence electrons. The number of hydrogen-bond donors (Lipinski definition) is 2. The largest absolute Gasteiger partial charge is 0.495 e. The van der Waals surface area contributed by atoms with Gasteiger partial charge < -0.3 is 15.0 Å². The highest BCUT2D eigenvalue weighted by Crippen LogP contribution is 2.33. The molecule has 1 fully saturated rings. The van der Waals surface area contributed by atoms with Crippen molar-refractivity contribution in [3.05, 3.63) is 60.7 Å². The SMILES string of the molecule is COc1ccc(N2CC(C)NC(C)C2)cc1NS(=O)(=O)c1cccc2ccccc12. The van der Waals surface area contributed by atoms with Crippen molar-refractivity contribution in [2.24, 2.45) is 0 Å². The van der Waals surface area contributed by atoms with E-state index < -0.39 is 10.0 Å². The van der Waals surface area contributed by atoms with Crippen LogP contribution < -0.4 is 19.7 Å². The number of rotatable bonds is 5. The van der Waals surface area contributed by atoms with Crippen molar-refractivity contribution < 1.29 is 13.2 Å². The predicted molar refractivity (Wildman–Crippen MR) is 122 cm³/mol. The maximum atomic E-state index is 13.3. The average molecular weight is 426 g/mol. The molecule has 0 saturated carbocycles. The Balaban J connectivity index is 1.71. The average Bonchev–Trinajstić information content (AvgIpc) is 2.72. The van der Waals surface area contributed by atoms with Crippen molar-refractivity contribution in [3.63, 3.8) is 0 Å². The Kier molecular flexibility index (Phi) is 5.58. The lowest BCUT2D eigenvalue weighted by atomic mass is 10.1. The fraction of sp³-hybridized carbons (Fsp3) is 0.304. The Morgan fingerprint density at radius 3 is 2.43 bits per heavy atom. The van der Waals surface area contributed by atoms with Crippen LogP contribution in [0.5, 0.6) is 5.75 Å².